The van der Waals surface area contributed by atoms with E-state index in [9.17, 15) is 9.59 Å². The average molecular weight is 261 g/mol. The maximum atomic E-state index is 11.6. The number of carboxylic acid groups (broad SMARTS) is 1. The van der Waals surface area contributed by atoms with E-state index in [0.29, 0.717) is 12.2 Å². The number of aliphatic carboxylic acids is 1. The summed E-state index contributed by atoms with van der Waals surface area (Å²) in [6.07, 6.45) is 0.460. The van der Waals surface area contributed by atoms with Crippen LogP contribution in [-0.2, 0) is 9.59 Å². The first-order valence-corrected chi connectivity index (χ1v) is 6.76. The van der Waals surface area contributed by atoms with Crippen molar-refractivity contribution in [3.05, 3.63) is 0 Å². The summed E-state index contributed by atoms with van der Waals surface area (Å²) in [4.78, 5) is 22.5. The van der Waals surface area contributed by atoms with E-state index in [-0.39, 0.29) is 16.6 Å². The molecular formula is C12H23NO3S. The molecule has 0 saturated carbocycles. The molecule has 0 aromatic rings. The van der Waals surface area contributed by atoms with Crippen LogP contribution in [0.5, 0.6) is 0 Å². The maximum Gasteiger partial charge on any atom is 0.326 e. The van der Waals surface area contributed by atoms with Gasteiger partial charge in [0.2, 0.25) is 5.91 Å². The van der Waals surface area contributed by atoms with Crippen LogP contribution in [-0.4, -0.2) is 33.5 Å². The van der Waals surface area contributed by atoms with Gasteiger partial charge in [-0.1, -0.05) is 34.6 Å². The van der Waals surface area contributed by atoms with Crippen molar-refractivity contribution in [3.63, 3.8) is 0 Å². The fraction of sp³-hybridized carbons (Fsp3) is 0.833. The number of carboxylic acids is 1. The topological polar surface area (TPSA) is 66.4 Å². The summed E-state index contributed by atoms with van der Waals surface area (Å²) >= 11 is 1.51. The van der Waals surface area contributed by atoms with Crippen molar-refractivity contribution in [3.8, 4) is 0 Å². The molecule has 1 atom stereocenters. The van der Waals surface area contributed by atoms with Crippen LogP contribution < -0.4 is 5.32 Å². The second kappa shape index (κ2) is 6.89. The molecule has 17 heavy (non-hydrogen) atoms. The Morgan fingerprint density at radius 3 is 2.18 bits per heavy atom. The van der Waals surface area contributed by atoms with Crippen LogP contribution in [0.3, 0.4) is 0 Å². The van der Waals surface area contributed by atoms with E-state index in [1.165, 1.54) is 11.8 Å². The monoisotopic (exact) mass is 261 g/mol. The van der Waals surface area contributed by atoms with Gasteiger partial charge in [-0.2, -0.15) is 0 Å². The summed E-state index contributed by atoms with van der Waals surface area (Å²) in [6, 6.07) is -0.775. The van der Waals surface area contributed by atoms with Crippen LogP contribution in [0.1, 0.15) is 41.0 Å². The fourth-order valence-electron chi connectivity index (χ4n) is 1.21. The van der Waals surface area contributed by atoms with Crippen LogP contribution in [0.15, 0.2) is 0 Å². The van der Waals surface area contributed by atoms with Crippen LogP contribution in [0.2, 0.25) is 0 Å². The lowest BCUT2D eigenvalue weighted by atomic mass is 10.0. The molecule has 0 heterocycles. The molecule has 0 aliphatic carbocycles. The van der Waals surface area contributed by atoms with E-state index in [0.717, 1.165) is 0 Å². The summed E-state index contributed by atoms with van der Waals surface area (Å²) in [5, 5.41) is 11.5. The average Bonchev–Trinajstić information content (AvgIpc) is 2.11. The largest absolute Gasteiger partial charge is 0.480 e. The molecule has 5 heteroatoms. The first-order chi connectivity index (χ1) is 7.61. The molecular weight excluding hydrogens is 238 g/mol. The molecule has 2 N–H and O–H groups in total. The zero-order valence-electron chi connectivity index (χ0n) is 11.2. The third-order valence-electron chi connectivity index (χ3n) is 1.98. The Labute approximate surface area is 108 Å². The lowest BCUT2D eigenvalue weighted by Gasteiger charge is -2.19. The molecule has 0 aliphatic rings. The SMILES string of the molecule is CC(C)C[C@H](NC(=O)CSC(C)(C)C)C(=O)O. The van der Waals surface area contributed by atoms with Gasteiger partial charge in [0.05, 0.1) is 5.75 Å². The summed E-state index contributed by atoms with van der Waals surface area (Å²) in [6.45, 7) is 9.94. The Morgan fingerprint density at radius 1 is 1.29 bits per heavy atom. The molecule has 0 rings (SSSR count). The van der Waals surface area contributed by atoms with Crippen molar-refractivity contribution >= 4 is 23.6 Å². The highest BCUT2D eigenvalue weighted by molar-refractivity contribution is 8.01. The number of hydrogen-bond donors (Lipinski definition) is 2. The van der Waals surface area contributed by atoms with Crippen LogP contribution in [0, 0.1) is 5.92 Å². The van der Waals surface area contributed by atoms with Gasteiger partial charge in [-0.15, -0.1) is 11.8 Å². The Balaban J connectivity index is 4.18. The molecule has 0 spiro atoms. The van der Waals surface area contributed by atoms with Gasteiger partial charge in [0.1, 0.15) is 6.04 Å². The molecule has 0 radical (unpaired) electrons. The molecule has 0 saturated heterocycles. The lowest BCUT2D eigenvalue weighted by molar-refractivity contribution is -0.141. The summed E-state index contributed by atoms with van der Waals surface area (Å²) in [5.41, 5.74) is 0. The third-order valence-corrected chi connectivity index (χ3v) is 3.25. The third kappa shape index (κ3) is 9.03. The highest BCUT2D eigenvalue weighted by Gasteiger charge is 2.22. The minimum absolute atomic E-state index is 0.00804. The molecule has 0 bridgehead atoms. The number of hydrogen-bond acceptors (Lipinski definition) is 3. The van der Waals surface area contributed by atoms with Crippen molar-refractivity contribution < 1.29 is 14.7 Å². The summed E-state index contributed by atoms with van der Waals surface area (Å²) in [5.74, 6) is -0.636. The lowest BCUT2D eigenvalue weighted by Crippen LogP contribution is -2.42. The Bertz CT molecular complexity index is 271. The Morgan fingerprint density at radius 2 is 1.82 bits per heavy atom. The number of amides is 1. The van der Waals surface area contributed by atoms with Gasteiger partial charge in [-0.05, 0) is 12.3 Å². The van der Waals surface area contributed by atoms with Crippen molar-refractivity contribution in [2.24, 2.45) is 5.92 Å². The summed E-state index contributed by atoms with van der Waals surface area (Å²) < 4.78 is 0.00804. The van der Waals surface area contributed by atoms with Gasteiger partial charge in [0, 0.05) is 4.75 Å². The number of nitrogens with one attached hydrogen (secondary N) is 1. The minimum Gasteiger partial charge on any atom is -0.480 e. The number of carbonyl (C=O) groups excluding carboxylic acids is 1. The second-order valence-electron chi connectivity index (χ2n) is 5.49. The highest BCUT2D eigenvalue weighted by atomic mass is 32.2. The number of carbonyl (C=O) groups is 2. The van der Waals surface area contributed by atoms with E-state index >= 15 is 0 Å². The van der Waals surface area contributed by atoms with Crippen LogP contribution in [0.25, 0.3) is 0 Å². The highest BCUT2D eigenvalue weighted by Crippen LogP contribution is 2.22. The number of rotatable bonds is 6. The molecule has 1 amide bonds. The minimum atomic E-state index is -0.965. The molecule has 0 fully saturated rings. The van der Waals surface area contributed by atoms with E-state index in [4.69, 9.17) is 5.11 Å². The van der Waals surface area contributed by atoms with Gasteiger partial charge in [-0.3, -0.25) is 4.79 Å². The quantitative estimate of drug-likeness (QED) is 0.768. The Kier molecular flexibility index (Phi) is 6.60. The normalized spacial score (nSPS) is 13.5. The smallest absolute Gasteiger partial charge is 0.326 e. The van der Waals surface area contributed by atoms with Gasteiger partial charge in [0.25, 0.3) is 0 Å². The first kappa shape index (κ1) is 16.3. The second-order valence-corrected chi connectivity index (χ2v) is 7.29. The van der Waals surface area contributed by atoms with E-state index in [2.05, 4.69) is 5.32 Å². The van der Waals surface area contributed by atoms with Crippen molar-refractivity contribution in [2.45, 2.75) is 51.8 Å². The molecule has 100 valence electrons. The van der Waals surface area contributed by atoms with Gasteiger partial charge in [0.15, 0.2) is 0 Å². The van der Waals surface area contributed by atoms with Crippen LogP contribution in [0.4, 0.5) is 0 Å². The molecule has 0 aromatic carbocycles. The molecule has 0 aliphatic heterocycles. The van der Waals surface area contributed by atoms with Crippen molar-refractivity contribution in [1.82, 2.24) is 5.32 Å². The maximum absolute atomic E-state index is 11.6. The van der Waals surface area contributed by atoms with Gasteiger partial charge in [-0.25, -0.2) is 4.79 Å². The van der Waals surface area contributed by atoms with E-state index in [1.54, 1.807) is 0 Å². The van der Waals surface area contributed by atoms with Crippen molar-refractivity contribution in [1.29, 1.82) is 0 Å². The first-order valence-electron chi connectivity index (χ1n) is 5.78. The molecule has 4 nitrogen and oxygen atoms in total. The van der Waals surface area contributed by atoms with E-state index in [1.807, 2.05) is 34.6 Å². The van der Waals surface area contributed by atoms with E-state index < -0.39 is 12.0 Å². The van der Waals surface area contributed by atoms with Gasteiger partial charge < -0.3 is 10.4 Å². The summed E-state index contributed by atoms with van der Waals surface area (Å²) in [7, 11) is 0. The molecule has 0 aromatic heterocycles. The fourth-order valence-corrected chi connectivity index (χ4v) is 1.86. The standard InChI is InChI=1S/C12H23NO3S/c1-8(2)6-9(11(15)16)13-10(14)7-17-12(3,4)5/h8-9H,6-7H2,1-5H3,(H,13,14)(H,15,16)/t9-/m0/s1. The molecule has 0 unspecified atom stereocenters. The predicted molar refractivity (Wildman–Crippen MR) is 71.2 cm³/mol. The Hall–Kier alpha value is -0.710. The van der Waals surface area contributed by atoms with Crippen molar-refractivity contribution in [2.75, 3.05) is 5.75 Å². The zero-order chi connectivity index (χ0) is 13.6. The van der Waals surface area contributed by atoms with Crippen LogP contribution >= 0.6 is 11.8 Å². The van der Waals surface area contributed by atoms with Gasteiger partial charge >= 0.3 is 5.97 Å². The zero-order valence-corrected chi connectivity index (χ0v) is 12.1. The number of thioether (sulfide) groups is 1. The predicted octanol–water partition coefficient (Wildman–Crippen LogP) is 2.13.